The van der Waals surface area contributed by atoms with Crippen LogP contribution in [0.15, 0.2) is 39.8 Å². The molecular weight excluding hydrogens is 294 g/mol. The first kappa shape index (κ1) is 11.0. The van der Waals surface area contributed by atoms with Crippen LogP contribution in [0.3, 0.4) is 0 Å². The Kier molecular flexibility index (Phi) is 4.16. The third kappa shape index (κ3) is 2.93. The maximum atomic E-state index is 5.95. The summed E-state index contributed by atoms with van der Waals surface area (Å²) in [5.41, 5.74) is 7.06. The lowest BCUT2D eigenvalue weighted by Gasteiger charge is -2.11. The Labute approximate surface area is 95.3 Å². The molecule has 0 aromatic heterocycles. The van der Waals surface area contributed by atoms with Crippen molar-refractivity contribution in [1.29, 1.82) is 0 Å². The monoisotopic (exact) mass is 303 g/mol. The van der Waals surface area contributed by atoms with Crippen LogP contribution in [0.25, 0.3) is 0 Å². The molecule has 0 radical (unpaired) electrons. The zero-order valence-electron chi connectivity index (χ0n) is 7.13. The predicted molar refractivity (Wildman–Crippen MR) is 63.6 cm³/mol. The topological polar surface area (TPSA) is 26.0 Å². The molecule has 0 fully saturated rings. The molecular formula is C10H11Br2N. The number of nitrogens with two attached hydrogens (primary N) is 1. The van der Waals surface area contributed by atoms with Crippen molar-refractivity contribution < 1.29 is 0 Å². The largest absolute Gasteiger partial charge is 0.324 e. The van der Waals surface area contributed by atoms with Gasteiger partial charge in [0.05, 0.1) is 0 Å². The van der Waals surface area contributed by atoms with Crippen LogP contribution in [0.5, 0.6) is 0 Å². The summed E-state index contributed by atoms with van der Waals surface area (Å²) < 4.78 is 2.09. The molecule has 0 saturated heterocycles. The normalized spacial score (nSPS) is 12.5. The molecule has 0 amide bonds. The molecule has 70 valence electrons. The molecule has 2 N–H and O–H groups in total. The third-order valence-electron chi connectivity index (χ3n) is 1.78. The van der Waals surface area contributed by atoms with Crippen molar-refractivity contribution >= 4 is 31.9 Å². The van der Waals surface area contributed by atoms with E-state index >= 15 is 0 Å². The van der Waals surface area contributed by atoms with Crippen molar-refractivity contribution in [2.24, 2.45) is 5.73 Å². The van der Waals surface area contributed by atoms with Gasteiger partial charge in [-0.2, -0.15) is 0 Å². The van der Waals surface area contributed by atoms with Crippen molar-refractivity contribution in [3.63, 3.8) is 0 Å². The zero-order chi connectivity index (χ0) is 9.84. The average Bonchev–Trinajstić information content (AvgIpc) is 2.09. The SMILES string of the molecule is C=CC[C@H](N)c1cc(Br)ccc1Br. The van der Waals surface area contributed by atoms with Gasteiger partial charge in [0.25, 0.3) is 0 Å². The summed E-state index contributed by atoms with van der Waals surface area (Å²) >= 11 is 6.88. The first-order valence-electron chi connectivity index (χ1n) is 3.96. The summed E-state index contributed by atoms with van der Waals surface area (Å²) in [5.74, 6) is 0. The van der Waals surface area contributed by atoms with E-state index in [4.69, 9.17) is 5.73 Å². The van der Waals surface area contributed by atoms with Crippen LogP contribution in [0.1, 0.15) is 18.0 Å². The molecule has 0 saturated carbocycles. The second-order valence-electron chi connectivity index (χ2n) is 2.80. The summed E-state index contributed by atoms with van der Waals surface area (Å²) in [6, 6.07) is 6.01. The van der Waals surface area contributed by atoms with Crippen molar-refractivity contribution in [3.05, 3.63) is 45.4 Å². The Morgan fingerprint density at radius 3 is 2.77 bits per heavy atom. The second-order valence-corrected chi connectivity index (χ2v) is 4.57. The highest BCUT2D eigenvalue weighted by atomic mass is 79.9. The van der Waals surface area contributed by atoms with Gasteiger partial charge in [0.2, 0.25) is 0 Å². The molecule has 0 heterocycles. The highest BCUT2D eigenvalue weighted by Crippen LogP contribution is 2.27. The number of halogens is 2. The quantitative estimate of drug-likeness (QED) is 0.845. The Hall–Kier alpha value is -0.120. The first-order chi connectivity index (χ1) is 6.15. The molecule has 1 rings (SSSR count). The molecule has 0 aliphatic carbocycles. The van der Waals surface area contributed by atoms with E-state index in [0.717, 1.165) is 20.9 Å². The van der Waals surface area contributed by atoms with Gasteiger partial charge in [-0.15, -0.1) is 6.58 Å². The third-order valence-corrected chi connectivity index (χ3v) is 2.99. The van der Waals surface area contributed by atoms with Gasteiger partial charge < -0.3 is 5.73 Å². The van der Waals surface area contributed by atoms with Crippen LogP contribution in [0.2, 0.25) is 0 Å². The smallest absolute Gasteiger partial charge is 0.0341 e. The van der Waals surface area contributed by atoms with Crippen molar-refractivity contribution in [2.45, 2.75) is 12.5 Å². The molecule has 1 aromatic carbocycles. The standard InChI is InChI=1S/C10H11Br2N/c1-2-3-10(13)8-6-7(11)4-5-9(8)12/h2,4-6,10H,1,3,13H2/t10-/m0/s1. The fraction of sp³-hybridized carbons (Fsp3) is 0.200. The van der Waals surface area contributed by atoms with Gasteiger partial charge in [-0.25, -0.2) is 0 Å². The fourth-order valence-electron chi connectivity index (χ4n) is 1.11. The van der Waals surface area contributed by atoms with Crippen molar-refractivity contribution in [3.8, 4) is 0 Å². The molecule has 1 aromatic rings. The van der Waals surface area contributed by atoms with Crippen molar-refractivity contribution in [1.82, 2.24) is 0 Å². The van der Waals surface area contributed by atoms with Gasteiger partial charge in [0.1, 0.15) is 0 Å². The summed E-state index contributed by atoms with van der Waals surface area (Å²) in [5, 5.41) is 0. The summed E-state index contributed by atoms with van der Waals surface area (Å²) in [7, 11) is 0. The lowest BCUT2D eigenvalue weighted by molar-refractivity contribution is 0.737. The molecule has 0 unspecified atom stereocenters. The van der Waals surface area contributed by atoms with Gasteiger partial charge in [0.15, 0.2) is 0 Å². The van der Waals surface area contributed by atoms with E-state index in [9.17, 15) is 0 Å². The van der Waals surface area contributed by atoms with Gasteiger partial charge in [0, 0.05) is 15.0 Å². The maximum absolute atomic E-state index is 5.95. The van der Waals surface area contributed by atoms with E-state index in [1.165, 1.54) is 0 Å². The maximum Gasteiger partial charge on any atom is 0.0341 e. The van der Waals surface area contributed by atoms with E-state index < -0.39 is 0 Å². The van der Waals surface area contributed by atoms with Crippen LogP contribution in [-0.4, -0.2) is 0 Å². The second kappa shape index (κ2) is 4.94. The fourth-order valence-corrected chi connectivity index (χ4v) is 2.02. The molecule has 3 heteroatoms. The molecule has 13 heavy (non-hydrogen) atoms. The number of rotatable bonds is 3. The Bertz CT molecular complexity index is 310. The Morgan fingerprint density at radius 2 is 2.15 bits per heavy atom. The molecule has 0 aliphatic heterocycles. The predicted octanol–water partition coefficient (Wildman–Crippen LogP) is 3.79. The van der Waals surface area contributed by atoms with Crippen molar-refractivity contribution in [2.75, 3.05) is 0 Å². The minimum Gasteiger partial charge on any atom is -0.324 e. The zero-order valence-corrected chi connectivity index (χ0v) is 10.3. The Morgan fingerprint density at radius 1 is 1.46 bits per heavy atom. The van der Waals surface area contributed by atoms with Crippen LogP contribution in [0, 0.1) is 0 Å². The number of hydrogen-bond acceptors (Lipinski definition) is 1. The highest BCUT2D eigenvalue weighted by Gasteiger charge is 2.08. The summed E-state index contributed by atoms with van der Waals surface area (Å²) in [6.07, 6.45) is 2.62. The average molecular weight is 305 g/mol. The molecule has 0 bridgehead atoms. The Balaban J connectivity index is 2.97. The molecule has 1 nitrogen and oxygen atoms in total. The lowest BCUT2D eigenvalue weighted by atomic mass is 10.1. The van der Waals surface area contributed by atoms with E-state index in [1.54, 1.807) is 0 Å². The van der Waals surface area contributed by atoms with Crippen LogP contribution in [-0.2, 0) is 0 Å². The molecule has 1 atom stereocenters. The van der Waals surface area contributed by atoms with Gasteiger partial charge >= 0.3 is 0 Å². The number of benzene rings is 1. The van der Waals surface area contributed by atoms with Crippen LogP contribution < -0.4 is 5.73 Å². The summed E-state index contributed by atoms with van der Waals surface area (Å²) in [4.78, 5) is 0. The molecule has 0 aliphatic rings. The highest BCUT2D eigenvalue weighted by molar-refractivity contribution is 9.11. The van der Waals surface area contributed by atoms with E-state index in [2.05, 4.69) is 38.4 Å². The van der Waals surface area contributed by atoms with E-state index in [0.29, 0.717) is 0 Å². The first-order valence-corrected chi connectivity index (χ1v) is 5.55. The van der Waals surface area contributed by atoms with Gasteiger partial charge in [-0.05, 0) is 30.2 Å². The van der Waals surface area contributed by atoms with Gasteiger partial charge in [-0.1, -0.05) is 37.9 Å². The van der Waals surface area contributed by atoms with E-state index in [-0.39, 0.29) is 6.04 Å². The minimum absolute atomic E-state index is 0.0179. The van der Waals surface area contributed by atoms with Crippen LogP contribution >= 0.6 is 31.9 Å². The van der Waals surface area contributed by atoms with Gasteiger partial charge in [-0.3, -0.25) is 0 Å². The summed E-state index contributed by atoms with van der Waals surface area (Å²) in [6.45, 7) is 3.67. The number of hydrogen-bond donors (Lipinski definition) is 1. The van der Waals surface area contributed by atoms with Crippen LogP contribution in [0.4, 0.5) is 0 Å². The molecule has 0 spiro atoms. The minimum atomic E-state index is 0.0179. The lowest BCUT2D eigenvalue weighted by Crippen LogP contribution is -2.09. The van der Waals surface area contributed by atoms with E-state index in [1.807, 2.05) is 24.3 Å².